The van der Waals surface area contributed by atoms with E-state index in [9.17, 15) is 0 Å². The Morgan fingerprint density at radius 1 is 1.10 bits per heavy atom. The molecule has 1 unspecified atom stereocenters. The number of hydrogen-bond acceptors (Lipinski definition) is 7. The molecule has 4 rings (SSSR count). The molecule has 0 aliphatic rings. The number of pyridine rings is 1. The highest BCUT2D eigenvalue weighted by molar-refractivity contribution is 7.18. The van der Waals surface area contributed by atoms with Gasteiger partial charge >= 0.3 is 0 Å². The zero-order valence-electron chi connectivity index (χ0n) is 17.0. The van der Waals surface area contributed by atoms with Crippen molar-refractivity contribution in [2.45, 2.75) is 18.9 Å². The third-order valence-electron chi connectivity index (χ3n) is 4.69. The number of aromatic nitrogens is 3. The van der Waals surface area contributed by atoms with E-state index < -0.39 is 0 Å². The molecule has 4 N–H and O–H groups in total. The smallest absolute Gasteiger partial charge is 0.162 e. The van der Waals surface area contributed by atoms with Crippen LogP contribution in [0.1, 0.15) is 17.5 Å². The fraction of sp³-hybridized carbons (Fsp3) is 0.208. The number of benzene rings is 1. The van der Waals surface area contributed by atoms with Crippen LogP contribution in [0.5, 0.6) is 0 Å². The van der Waals surface area contributed by atoms with E-state index in [0.717, 1.165) is 33.6 Å². The van der Waals surface area contributed by atoms with Crippen molar-refractivity contribution in [2.75, 3.05) is 18.5 Å². The lowest BCUT2D eigenvalue weighted by atomic mass is 10.1. The van der Waals surface area contributed by atoms with Crippen LogP contribution in [0.4, 0.5) is 5.82 Å². The van der Waals surface area contributed by atoms with Gasteiger partial charge < -0.3 is 16.2 Å². The van der Waals surface area contributed by atoms with E-state index in [1.807, 2.05) is 35.7 Å². The summed E-state index contributed by atoms with van der Waals surface area (Å²) >= 11 is 1.55. The van der Waals surface area contributed by atoms with E-state index in [-0.39, 0.29) is 12.6 Å². The molecular formula is C24H23N5OS. The number of fused-ring (bicyclic) bond motifs is 1. The second-order valence-corrected chi connectivity index (χ2v) is 7.94. The maximum Gasteiger partial charge on any atom is 0.162 e. The predicted molar refractivity (Wildman–Crippen MR) is 126 cm³/mol. The van der Waals surface area contributed by atoms with E-state index in [1.54, 1.807) is 23.7 Å². The van der Waals surface area contributed by atoms with Crippen LogP contribution in [-0.2, 0) is 6.42 Å². The molecule has 1 aromatic carbocycles. The van der Waals surface area contributed by atoms with E-state index in [2.05, 4.69) is 34.3 Å². The van der Waals surface area contributed by atoms with Gasteiger partial charge in [-0.25, -0.2) is 9.97 Å². The minimum absolute atomic E-state index is 0.0401. The van der Waals surface area contributed by atoms with Crippen molar-refractivity contribution >= 4 is 27.4 Å². The molecule has 0 aliphatic carbocycles. The fourth-order valence-electron chi connectivity index (χ4n) is 3.19. The van der Waals surface area contributed by atoms with Crippen LogP contribution in [0.2, 0.25) is 0 Å². The van der Waals surface area contributed by atoms with Gasteiger partial charge in [-0.15, -0.1) is 11.3 Å². The third kappa shape index (κ3) is 5.25. The molecule has 0 bridgehead atoms. The largest absolute Gasteiger partial charge is 0.395 e. The summed E-state index contributed by atoms with van der Waals surface area (Å²) in [6.45, 7) is 0.624. The molecule has 7 heteroatoms. The molecule has 1 atom stereocenters. The number of nitrogens with two attached hydrogens (primary N) is 1. The molecule has 0 saturated heterocycles. The van der Waals surface area contributed by atoms with E-state index in [4.69, 9.17) is 20.8 Å². The minimum Gasteiger partial charge on any atom is -0.395 e. The van der Waals surface area contributed by atoms with Crippen LogP contribution in [0.3, 0.4) is 0 Å². The average Bonchev–Trinajstić information content (AvgIpc) is 3.22. The van der Waals surface area contributed by atoms with Gasteiger partial charge in [-0.1, -0.05) is 42.2 Å². The molecule has 3 aromatic heterocycles. The van der Waals surface area contributed by atoms with Crippen molar-refractivity contribution in [3.8, 4) is 23.2 Å². The number of rotatable bonds is 7. The number of nitrogens with one attached hydrogen (secondary N) is 1. The van der Waals surface area contributed by atoms with Crippen molar-refractivity contribution in [1.29, 1.82) is 0 Å². The molecule has 3 heterocycles. The lowest BCUT2D eigenvalue weighted by Crippen LogP contribution is -2.31. The Labute approximate surface area is 185 Å². The summed E-state index contributed by atoms with van der Waals surface area (Å²) in [4.78, 5) is 13.6. The third-order valence-corrected chi connectivity index (χ3v) is 5.66. The standard InChI is InChI=1S/C24H23N5OS/c25-20(14-17-6-2-1-3-7-17)15-27-24-22-21(19(16-31-22)8-4-5-13-30)28-23(29-24)18-9-11-26-12-10-18/h1-3,6-7,9-12,16,20,30H,5,13-15,25H2,(H,27,28,29). The van der Waals surface area contributed by atoms with Gasteiger partial charge in [0, 0.05) is 42.3 Å². The molecule has 31 heavy (non-hydrogen) atoms. The summed E-state index contributed by atoms with van der Waals surface area (Å²) in [6.07, 6.45) is 4.66. The molecule has 0 radical (unpaired) electrons. The first-order chi connectivity index (χ1) is 15.2. The maximum absolute atomic E-state index is 9.02. The first-order valence-corrected chi connectivity index (χ1v) is 11.0. The molecule has 0 fully saturated rings. The number of anilines is 1. The second-order valence-electron chi connectivity index (χ2n) is 7.06. The van der Waals surface area contributed by atoms with Gasteiger partial charge in [-0.3, -0.25) is 4.98 Å². The number of hydrogen-bond donors (Lipinski definition) is 3. The van der Waals surface area contributed by atoms with Gasteiger partial charge in [0.1, 0.15) is 11.3 Å². The van der Waals surface area contributed by atoms with Crippen molar-refractivity contribution in [3.63, 3.8) is 0 Å². The van der Waals surface area contributed by atoms with Crippen molar-refractivity contribution < 1.29 is 5.11 Å². The van der Waals surface area contributed by atoms with Crippen molar-refractivity contribution in [2.24, 2.45) is 5.73 Å². The Morgan fingerprint density at radius 3 is 2.68 bits per heavy atom. The predicted octanol–water partition coefficient (Wildman–Crippen LogP) is 3.47. The van der Waals surface area contributed by atoms with Crippen molar-refractivity contribution in [1.82, 2.24) is 15.0 Å². The molecule has 0 amide bonds. The summed E-state index contributed by atoms with van der Waals surface area (Å²) < 4.78 is 0.943. The van der Waals surface area contributed by atoms with Crippen molar-refractivity contribution in [3.05, 3.63) is 71.4 Å². The molecule has 0 aliphatic heterocycles. The molecule has 0 spiro atoms. The van der Waals surface area contributed by atoms with E-state index >= 15 is 0 Å². The van der Waals surface area contributed by atoms with Crippen LogP contribution in [0.25, 0.3) is 21.6 Å². The molecule has 0 saturated carbocycles. The fourth-order valence-corrected chi connectivity index (χ4v) is 4.09. The van der Waals surface area contributed by atoms with Crippen LogP contribution in [0, 0.1) is 11.8 Å². The number of nitrogens with zero attached hydrogens (tertiary/aromatic N) is 3. The highest BCUT2D eigenvalue weighted by atomic mass is 32.1. The Hall–Kier alpha value is -3.31. The second kappa shape index (κ2) is 10.1. The summed E-state index contributed by atoms with van der Waals surface area (Å²) in [5, 5.41) is 14.4. The van der Waals surface area contributed by atoms with E-state index in [1.165, 1.54) is 5.56 Å². The summed E-state index contributed by atoms with van der Waals surface area (Å²) in [5.74, 6) is 7.46. The first-order valence-electron chi connectivity index (χ1n) is 10.1. The van der Waals surface area contributed by atoms with Gasteiger partial charge in [0.05, 0.1) is 16.9 Å². The average molecular weight is 430 g/mol. The SMILES string of the molecule is NC(CNc1nc(-c2ccncc2)nc2c(C#CCCO)csc12)Cc1ccccc1. The normalized spacial score (nSPS) is 11.7. The molecule has 4 aromatic rings. The van der Waals surface area contributed by atoms with Crippen LogP contribution in [0.15, 0.2) is 60.2 Å². The lowest BCUT2D eigenvalue weighted by Gasteiger charge is -2.14. The monoisotopic (exact) mass is 429 g/mol. The maximum atomic E-state index is 9.02. The summed E-state index contributed by atoms with van der Waals surface area (Å²) in [7, 11) is 0. The Kier molecular flexibility index (Phi) is 6.85. The Morgan fingerprint density at radius 2 is 1.90 bits per heavy atom. The van der Waals surface area contributed by atoms with Gasteiger partial charge in [0.15, 0.2) is 5.82 Å². The highest BCUT2D eigenvalue weighted by Gasteiger charge is 2.15. The highest BCUT2D eigenvalue weighted by Crippen LogP contribution is 2.32. The van der Waals surface area contributed by atoms with Gasteiger partial charge in [-0.2, -0.15) is 0 Å². The zero-order valence-corrected chi connectivity index (χ0v) is 17.8. The summed E-state index contributed by atoms with van der Waals surface area (Å²) in [6, 6.07) is 13.9. The zero-order chi connectivity index (χ0) is 21.5. The van der Waals surface area contributed by atoms with Crippen LogP contribution in [-0.4, -0.2) is 39.3 Å². The van der Waals surface area contributed by atoms with Crippen LogP contribution < -0.4 is 11.1 Å². The first kappa shape index (κ1) is 20.9. The topological polar surface area (TPSA) is 97.0 Å². The minimum atomic E-state index is -0.0550. The molecular weight excluding hydrogens is 406 g/mol. The number of aliphatic hydroxyl groups excluding tert-OH is 1. The quantitative estimate of drug-likeness (QED) is 0.389. The summed E-state index contributed by atoms with van der Waals surface area (Å²) in [5.41, 5.74) is 10.1. The van der Waals surface area contributed by atoms with Gasteiger partial charge in [0.2, 0.25) is 0 Å². The number of aliphatic hydroxyl groups is 1. The van der Waals surface area contributed by atoms with E-state index in [0.29, 0.717) is 18.8 Å². The van der Waals surface area contributed by atoms with Gasteiger partial charge in [-0.05, 0) is 24.1 Å². The Bertz CT molecular complexity index is 1200. The molecule has 156 valence electrons. The lowest BCUT2D eigenvalue weighted by molar-refractivity contribution is 0.305. The van der Waals surface area contributed by atoms with Gasteiger partial charge in [0.25, 0.3) is 0 Å². The molecule has 6 nitrogen and oxygen atoms in total. The Balaban J connectivity index is 1.64. The number of thiophene rings is 1. The van der Waals surface area contributed by atoms with Crippen LogP contribution >= 0.6 is 11.3 Å².